The molecule has 1 aliphatic rings. The summed E-state index contributed by atoms with van der Waals surface area (Å²) in [5.41, 5.74) is 1.80. The lowest BCUT2D eigenvalue weighted by Gasteiger charge is -2.32. The molecule has 0 N–H and O–H groups in total. The van der Waals surface area contributed by atoms with Gasteiger partial charge in [0.1, 0.15) is 6.10 Å². The molecule has 0 saturated carbocycles. The highest BCUT2D eigenvalue weighted by Gasteiger charge is 2.28. The Morgan fingerprint density at radius 2 is 2.08 bits per heavy atom. The van der Waals surface area contributed by atoms with Crippen molar-refractivity contribution in [1.29, 1.82) is 0 Å². The maximum Gasteiger partial charge on any atom is 0.247 e. The molecule has 1 aromatic carbocycles. The second-order valence-corrected chi connectivity index (χ2v) is 6.10. The predicted molar refractivity (Wildman–Crippen MR) is 87.6 cm³/mol. The molecule has 3 aromatic rings. The van der Waals surface area contributed by atoms with Gasteiger partial charge in [0.25, 0.3) is 0 Å². The molecule has 2 atom stereocenters. The zero-order chi connectivity index (χ0) is 16.5. The van der Waals surface area contributed by atoms with Crippen LogP contribution in [0, 0.1) is 0 Å². The third kappa shape index (κ3) is 2.95. The number of aromatic nitrogens is 4. The Balaban J connectivity index is 1.60. The molecule has 124 valence electrons. The average molecular weight is 325 g/mol. The quantitative estimate of drug-likeness (QED) is 0.736. The predicted octanol–water partition coefficient (Wildman–Crippen LogP) is 2.31. The minimum absolute atomic E-state index is 0.146. The molecule has 1 fully saturated rings. The van der Waals surface area contributed by atoms with Gasteiger partial charge in [-0.1, -0.05) is 6.07 Å². The first kappa shape index (κ1) is 15.0. The molecule has 0 aliphatic carbocycles. The summed E-state index contributed by atoms with van der Waals surface area (Å²) in [5, 5.41) is 12.6. The number of hydrogen-bond donors (Lipinski definition) is 0. The fraction of sp³-hybridized carbons (Fsp3) is 0.353. The number of hydrogen-bond acceptors (Lipinski definition) is 6. The number of rotatable bonds is 3. The molecule has 0 radical (unpaired) electrons. The topological polar surface area (TPSA) is 69.2 Å². The van der Waals surface area contributed by atoms with Gasteiger partial charge in [0.15, 0.2) is 0 Å². The summed E-state index contributed by atoms with van der Waals surface area (Å²) in [6, 6.07) is 9.73. The molecule has 0 amide bonds. The Morgan fingerprint density at radius 3 is 2.88 bits per heavy atom. The van der Waals surface area contributed by atoms with Crippen molar-refractivity contribution < 1.29 is 9.15 Å². The van der Waals surface area contributed by atoms with Gasteiger partial charge in [-0.15, -0.1) is 10.2 Å². The standard InChI is InChI=1S/C17H19N5O2/c1-12-10-21(2)11-15(23-12)17-20-19-16(24-17)13-5-3-6-14(9-13)22-8-4-7-18-22/h3-9,12,15H,10-11H2,1-2H3/t12-,15-/m1/s1. The molecule has 7 heteroatoms. The van der Waals surface area contributed by atoms with E-state index in [1.807, 2.05) is 43.5 Å². The number of benzene rings is 1. The first-order chi connectivity index (χ1) is 11.7. The summed E-state index contributed by atoms with van der Waals surface area (Å²) in [5.74, 6) is 1.01. The molecule has 0 unspecified atom stereocenters. The van der Waals surface area contributed by atoms with Gasteiger partial charge in [0.2, 0.25) is 11.8 Å². The number of morpholine rings is 1. The van der Waals surface area contributed by atoms with Crippen LogP contribution in [0.15, 0.2) is 47.1 Å². The summed E-state index contributed by atoms with van der Waals surface area (Å²) in [4.78, 5) is 2.21. The maximum atomic E-state index is 5.92. The summed E-state index contributed by atoms with van der Waals surface area (Å²) in [6.07, 6.45) is 3.60. The van der Waals surface area contributed by atoms with Crippen molar-refractivity contribution in [3.63, 3.8) is 0 Å². The Bertz CT molecular complexity index is 804. The molecule has 1 aliphatic heterocycles. The van der Waals surface area contributed by atoms with Crippen LogP contribution in [0.5, 0.6) is 0 Å². The molecule has 4 rings (SSSR count). The van der Waals surface area contributed by atoms with Gasteiger partial charge in [-0.2, -0.15) is 5.10 Å². The zero-order valence-corrected chi connectivity index (χ0v) is 13.7. The lowest BCUT2D eigenvalue weighted by atomic mass is 10.2. The van der Waals surface area contributed by atoms with E-state index in [2.05, 4.69) is 27.2 Å². The SMILES string of the molecule is C[C@@H]1CN(C)C[C@H](c2nnc(-c3cccc(-n4cccn4)c3)o2)O1. The second-order valence-electron chi connectivity index (χ2n) is 6.10. The molecule has 7 nitrogen and oxygen atoms in total. The van der Waals surface area contributed by atoms with Crippen molar-refractivity contribution in [2.45, 2.75) is 19.1 Å². The molecule has 24 heavy (non-hydrogen) atoms. The third-order valence-electron chi connectivity index (χ3n) is 4.02. The highest BCUT2D eigenvalue weighted by Crippen LogP contribution is 2.27. The van der Waals surface area contributed by atoms with Gasteiger partial charge in [-0.3, -0.25) is 0 Å². The molecule has 2 aromatic heterocycles. The lowest BCUT2D eigenvalue weighted by molar-refractivity contribution is -0.0821. The summed E-state index contributed by atoms with van der Waals surface area (Å²) in [7, 11) is 2.07. The van der Waals surface area contributed by atoms with E-state index < -0.39 is 0 Å². The monoisotopic (exact) mass is 325 g/mol. The van der Waals surface area contributed by atoms with Crippen LogP contribution in [0.25, 0.3) is 17.1 Å². The van der Waals surface area contributed by atoms with Crippen molar-refractivity contribution in [3.8, 4) is 17.1 Å². The minimum Gasteiger partial charge on any atom is -0.418 e. The van der Waals surface area contributed by atoms with E-state index in [0.29, 0.717) is 11.8 Å². The van der Waals surface area contributed by atoms with Gasteiger partial charge in [0, 0.05) is 31.0 Å². The number of likely N-dealkylation sites (N-methyl/N-ethyl adjacent to an activating group) is 1. The highest BCUT2D eigenvalue weighted by atomic mass is 16.5. The first-order valence-electron chi connectivity index (χ1n) is 7.97. The summed E-state index contributed by atoms with van der Waals surface area (Å²) >= 11 is 0. The second kappa shape index (κ2) is 6.18. The van der Waals surface area contributed by atoms with Gasteiger partial charge in [0.05, 0.1) is 11.8 Å². The number of nitrogens with zero attached hydrogens (tertiary/aromatic N) is 5. The Kier molecular flexibility index (Phi) is 3.87. The van der Waals surface area contributed by atoms with E-state index >= 15 is 0 Å². The molecule has 0 spiro atoms. The molecular formula is C17H19N5O2. The average Bonchev–Trinajstić information content (AvgIpc) is 3.26. The summed E-state index contributed by atoms with van der Waals surface area (Å²) < 4.78 is 13.6. The zero-order valence-electron chi connectivity index (χ0n) is 13.7. The Morgan fingerprint density at radius 1 is 1.17 bits per heavy atom. The van der Waals surface area contributed by atoms with Crippen LogP contribution in [0.2, 0.25) is 0 Å². The Hall–Kier alpha value is -2.51. The van der Waals surface area contributed by atoms with E-state index in [1.165, 1.54) is 0 Å². The molecule has 1 saturated heterocycles. The Labute approximate surface area is 139 Å². The van der Waals surface area contributed by atoms with E-state index in [0.717, 1.165) is 24.3 Å². The van der Waals surface area contributed by atoms with Crippen LogP contribution >= 0.6 is 0 Å². The maximum absolute atomic E-state index is 5.92. The van der Waals surface area contributed by atoms with E-state index in [4.69, 9.17) is 9.15 Å². The summed E-state index contributed by atoms with van der Waals surface area (Å²) in [6.45, 7) is 3.70. The van der Waals surface area contributed by atoms with Gasteiger partial charge >= 0.3 is 0 Å². The molecule has 3 heterocycles. The minimum atomic E-state index is -0.186. The normalized spacial score (nSPS) is 21.9. The van der Waals surface area contributed by atoms with Crippen molar-refractivity contribution >= 4 is 0 Å². The van der Waals surface area contributed by atoms with Crippen LogP contribution < -0.4 is 0 Å². The van der Waals surface area contributed by atoms with Crippen LogP contribution in [-0.2, 0) is 4.74 Å². The molecule has 0 bridgehead atoms. The number of ether oxygens (including phenoxy) is 1. The van der Waals surface area contributed by atoms with Gasteiger partial charge in [-0.05, 0) is 38.2 Å². The fourth-order valence-corrected chi connectivity index (χ4v) is 2.98. The van der Waals surface area contributed by atoms with Crippen LogP contribution in [0.3, 0.4) is 0 Å². The fourth-order valence-electron chi connectivity index (χ4n) is 2.98. The van der Waals surface area contributed by atoms with Gasteiger partial charge in [-0.25, -0.2) is 4.68 Å². The van der Waals surface area contributed by atoms with Crippen LogP contribution in [-0.4, -0.2) is 51.1 Å². The first-order valence-corrected chi connectivity index (χ1v) is 7.97. The van der Waals surface area contributed by atoms with Crippen LogP contribution in [0.4, 0.5) is 0 Å². The van der Waals surface area contributed by atoms with Crippen LogP contribution in [0.1, 0.15) is 18.9 Å². The molecular weight excluding hydrogens is 306 g/mol. The third-order valence-corrected chi connectivity index (χ3v) is 4.02. The van der Waals surface area contributed by atoms with Crippen molar-refractivity contribution in [2.75, 3.05) is 20.1 Å². The van der Waals surface area contributed by atoms with Gasteiger partial charge < -0.3 is 14.1 Å². The van der Waals surface area contributed by atoms with Crippen molar-refractivity contribution in [3.05, 3.63) is 48.6 Å². The highest BCUT2D eigenvalue weighted by molar-refractivity contribution is 5.57. The van der Waals surface area contributed by atoms with E-state index in [9.17, 15) is 0 Å². The van der Waals surface area contributed by atoms with Crippen molar-refractivity contribution in [2.24, 2.45) is 0 Å². The largest absolute Gasteiger partial charge is 0.418 e. The van der Waals surface area contributed by atoms with E-state index in [1.54, 1.807) is 10.9 Å². The smallest absolute Gasteiger partial charge is 0.247 e. The van der Waals surface area contributed by atoms with E-state index in [-0.39, 0.29) is 12.2 Å². The lowest BCUT2D eigenvalue weighted by Crippen LogP contribution is -2.40. The van der Waals surface area contributed by atoms with Crippen molar-refractivity contribution in [1.82, 2.24) is 24.9 Å².